The average Bonchev–Trinajstić information content (AvgIpc) is 3.18. The molecule has 32 heavy (non-hydrogen) atoms. The molecule has 1 saturated heterocycles. The molecule has 172 valence electrons. The van der Waals surface area contributed by atoms with Crippen LogP contribution < -0.4 is 10.1 Å². The van der Waals surface area contributed by atoms with E-state index in [2.05, 4.69) is 15.2 Å². The minimum Gasteiger partial charge on any atom is -0.497 e. The molecule has 1 aromatic heterocycles. The lowest BCUT2D eigenvalue weighted by atomic mass is 10.0. The van der Waals surface area contributed by atoms with Gasteiger partial charge in [0.2, 0.25) is 9.84 Å². The first-order valence-electron chi connectivity index (χ1n) is 10.2. The number of fused-ring (bicyclic) bond motifs is 1. The SMILES string of the molecule is COc1ccc2[nH]cc(S(=O)(=O)c3ccc(C(F)(F)F)c(NC4CCN(C)CC4)c3)c2c1. The topological polar surface area (TPSA) is 74.4 Å². The predicted molar refractivity (Wildman–Crippen MR) is 116 cm³/mol. The van der Waals surface area contributed by atoms with Crippen molar-refractivity contribution in [2.75, 3.05) is 32.6 Å². The first-order chi connectivity index (χ1) is 15.1. The Morgan fingerprint density at radius 2 is 1.84 bits per heavy atom. The average molecular weight is 468 g/mol. The number of nitrogens with one attached hydrogen (secondary N) is 2. The van der Waals surface area contributed by atoms with Crippen molar-refractivity contribution in [3.05, 3.63) is 48.2 Å². The number of hydrogen-bond donors (Lipinski definition) is 2. The van der Waals surface area contributed by atoms with Gasteiger partial charge in [0.25, 0.3) is 0 Å². The summed E-state index contributed by atoms with van der Waals surface area (Å²) in [6, 6.07) is 7.74. The van der Waals surface area contributed by atoms with Crippen molar-refractivity contribution < 1.29 is 26.3 Å². The summed E-state index contributed by atoms with van der Waals surface area (Å²) < 4.78 is 72.9. The molecule has 3 aromatic rings. The fourth-order valence-electron chi connectivity index (χ4n) is 3.98. The van der Waals surface area contributed by atoms with Crippen LogP contribution in [0.15, 0.2) is 52.4 Å². The second kappa shape index (κ2) is 8.32. The number of rotatable bonds is 5. The van der Waals surface area contributed by atoms with Crippen molar-refractivity contribution in [2.24, 2.45) is 0 Å². The van der Waals surface area contributed by atoms with E-state index in [0.29, 0.717) is 29.5 Å². The number of anilines is 1. The van der Waals surface area contributed by atoms with Gasteiger partial charge in [-0.2, -0.15) is 13.2 Å². The summed E-state index contributed by atoms with van der Waals surface area (Å²) in [6.07, 6.45) is -1.91. The third-order valence-corrected chi connectivity index (χ3v) is 7.62. The maximum Gasteiger partial charge on any atom is 0.418 e. The number of alkyl halides is 3. The van der Waals surface area contributed by atoms with Crippen LogP contribution >= 0.6 is 0 Å². The number of aromatic nitrogens is 1. The Bertz CT molecular complexity index is 1230. The normalized spacial score (nSPS) is 16.4. The number of nitrogens with zero attached hydrogens (tertiary/aromatic N) is 1. The molecule has 4 rings (SSSR count). The van der Waals surface area contributed by atoms with Gasteiger partial charge in [-0.15, -0.1) is 0 Å². The number of aromatic amines is 1. The number of methoxy groups -OCH3 is 1. The molecule has 0 amide bonds. The van der Waals surface area contributed by atoms with Gasteiger partial charge in [-0.25, -0.2) is 8.42 Å². The molecule has 1 fully saturated rings. The number of sulfone groups is 1. The van der Waals surface area contributed by atoms with Gasteiger partial charge >= 0.3 is 6.18 Å². The number of likely N-dealkylation sites (tertiary alicyclic amines) is 1. The summed E-state index contributed by atoms with van der Waals surface area (Å²) in [5, 5.41) is 3.36. The molecule has 0 aliphatic carbocycles. The molecule has 2 N–H and O–H groups in total. The highest BCUT2D eigenvalue weighted by Gasteiger charge is 2.35. The molecule has 2 aromatic carbocycles. The Kier molecular flexibility index (Phi) is 5.85. The Labute approximate surface area is 184 Å². The molecular weight excluding hydrogens is 443 g/mol. The highest BCUT2D eigenvalue weighted by molar-refractivity contribution is 7.91. The van der Waals surface area contributed by atoms with Crippen molar-refractivity contribution in [2.45, 2.75) is 34.9 Å². The zero-order valence-electron chi connectivity index (χ0n) is 17.7. The first kappa shape index (κ1) is 22.5. The van der Waals surface area contributed by atoms with Crippen molar-refractivity contribution in [3.8, 4) is 5.75 Å². The van der Waals surface area contributed by atoms with E-state index >= 15 is 0 Å². The van der Waals surface area contributed by atoms with Crippen LogP contribution in [0.25, 0.3) is 10.9 Å². The Morgan fingerprint density at radius 3 is 2.50 bits per heavy atom. The molecule has 0 spiro atoms. The van der Waals surface area contributed by atoms with Crippen molar-refractivity contribution in [1.29, 1.82) is 0 Å². The number of halogens is 3. The summed E-state index contributed by atoms with van der Waals surface area (Å²) in [7, 11) is -0.654. The number of benzene rings is 2. The molecule has 2 heterocycles. The Hall–Kier alpha value is -2.72. The lowest BCUT2D eigenvalue weighted by Gasteiger charge is -2.31. The lowest BCUT2D eigenvalue weighted by molar-refractivity contribution is -0.137. The van der Waals surface area contributed by atoms with Gasteiger partial charge in [-0.05, 0) is 69.4 Å². The number of ether oxygens (including phenoxy) is 1. The maximum absolute atomic E-state index is 13.6. The van der Waals surface area contributed by atoms with Crippen LogP contribution in [-0.4, -0.2) is 51.6 Å². The van der Waals surface area contributed by atoms with Crippen molar-refractivity contribution in [3.63, 3.8) is 0 Å². The van der Waals surface area contributed by atoms with Gasteiger partial charge in [0.05, 0.1) is 22.5 Å². The monoisotopic (exact) mass is 467 g/mol. The number of H-pyrrole nitrogens is 1. The van der Waals surface area contributed by atoms with Crippen LogP contribution in [0.5, 0.6) is 5.75 Å². The Balaban J connectivity index is 1.76. The summed E-state index contributed by atoms with van der Waals surface area (Å²) in [6.45, 7) is 1.52. The fourth-order valence-corrected chi connectivity index (χ4v) is 5.43. The summed E-state index contributed by atoms with van der Waals surface area (Å²) in [4.78, 5) is 4.79. The fraction of sp³-hybridized carbons (Fsp3) is 0.364. The highest BCUT2D eigenvalue weighted by Crippen LogP contribution is 2.39. The molecule has 6 nitrogen and oxygen atoms in total. The van der Waals surface area contributed by atoms with E-state index in [1.165, 1.54) is 13.3 Å². The van der Waals surface area contributed by atoms with E-state index in [4.69, 9.17) is 4.74 Å². The van der Waals surface area contributed by atoms with Crippen molar-refractivity contribution in [1.82, 2.24) is 9.88 Å². The number of piperidine rings is 1. The first-order valence-corrected chi connectivity index (χ1v) is 11.6. The van der Waals surface area contributed by atoms with Crippen molar-refractivity contribution >= 4 is 26.4 Å². The minimum absolute atomic E-state index is 0.0172. The van der Waals surface area contributed by atoms with Gasteiger partial charge < -0.3 is 19.9 Å². The molecule has 1 aliphatic heterocycles. The van der Waals surface area contributed by atoms with E-state index < -0.39 is 21.6 Å². The standard InChI is InChI=1S/C22H24F3N3O3S/c1-28-9-7-14(8-10-28)27-20-12-16(4-5-18(20)22(23,24)25)32(29,30)21-13-26-19-6-3-15(31-2)11-17(19)21/h3-6,11-14,26-27H,7-10H2,1-2H3. The van der Waals surface area contributed by atoms with E-state index in [9.17, 15) is 21.6 Å². The van der Waals surface area contributed by atoms with Crippen LogP contribution in [0.2, 0.25) is 0 Å². The zero-order chi connectivity index (χ0) is 23.1. The summed E-state index contributed by atoms with van der Waals surface area (Å²) in [5.41, 5.74) is -0.512. The quantitative estimate of drug-likeness (QED) is 0.577. The van der Waals surface area contributed by atoms with Crippen LogP contribution in [-0.2, 0) is 16.0 Å². The smallest absolute Gasteiger partial charge is 0.418 e. The third kappa shape index (κ3) is 4.29. The lowest BCUT2D eigenvalue weighted by Crippen LogP contribution is -2.37. The molecule has 0 saturated carbocycles. The van der Waals surface area contributed by atoms with E-state index in [1.54, 1.807) is 18.2 Å². The molecule has 10 heteroatoms. The molecule has 0 unspecified atom stereocenters. The van der Waals surface area contributed by atoms with Crippen LogP contribution in [0.3, 0.4) is 0 Å². The number of hydrogen-bond acceptors (Lipinski definition) is 5. The molecule has 0 atom stereocenters. The summed E-state index contributed by atoms with van der Waals surface area (Å²) in [5.74, 6) is 0.477. The zero-order valence-corrected chi connectivity index (χ0v) is 18.5. The van der Waals surface area contributed by atoms with Crippen LogP contribution in [0.4, 0.5) is 18.9 Å². The van der Waals surface area contributed by atoms with Gasteiger partial charge in [-0.3, -0.25) is 0 Å². The molecule has 1 aliphatic rings. The van der Waals surface area contributed by atoms with Gasteiger partial charge in [-0.1, -0.05) is 0 Å². The minimum atomic E-state index is -4.61. The largest absolute Gasteiger partial charge is 0.497 e. The van der Waals surface area contributed by atoms with Gasteiger partial charge in [0.1, 0.15) is 5.75 Å². The molecule has 0 bridgehead atoms. The maximum atomic E-state index is 13.6. The predicted octanol–water partition coefficient (Wildman–Crippen LogP) is 4.53. The van der Waals surface area contributed by atoms with Gasteiger partial charge in [0, 0.05) is 28.8 Å². The third-order valence-electron chi connectivity index (χ3n) is 5.83. The Morgan fingerprint density at radius 1 is 1.12 bits per heavy atom. The van der Waals surface area contributed by atoms with Crippen LogP contribution in [0.1, 0.15) is 18.4 Å². The van der Waals surface area contributed by atoms with E-state index in [-0.39, 0.29) is 21.5 Å². The highest BCUT2D eigenvalue weighted by atomic mass is 32.2. The second-order valence-corrected chi connectivity index (χ2v) is 9.91. The van der Waals surface area contributed by atoms with Crippen LogP contribution in [0, 0.1) is 0 Å². The van der Waals surface area contributed by atoms with Gasteiger partial charge in [0.15, 0.2) is 0 Å². The summed E-state index contributed by atoms with van der Waals surface area (Å²) >= 11 is 0. The molecule has 0 radical (unpaired) electrons. The van der Waals surface area contributed by atoms with E-state index in [0.717, 1.165) is 31.3 Å². The van der Waals surface area contributed by atoms with E-state index in [1.807, 2.05) is 7.05 Å². The second-order valence-electron chi connectivity index (χ2n) is 7.99. The molecular formula is C22H24F3N3O3S.